The molecule has 0 atom stereocenters. The fourth-order valence-corrected chi connectivity index (χ4v) is 5.18. The molecule has 1 saturated carbocycles. The van der Waals surface area contributed by atoms with Gasteiger partial charge in [-0.05, 0) is 56.9 Å². The number of hydrogen-bond donors (Lipinski definition) is 3. The van der Waals surface area contributed by atoms with Gasteiger partial charge in [-0.15, -0.1) is 0 Å². The highest BCUT2D eigenvalue weighted by atomic mass is 35.5. The lowest BCUT2D eigenvalue weighted by atomic mass is 9.91. The molecule has 2 aromatic carbocycles. The monoisotopic (exact) mass is 616 g/mol. The van der Waals surface area contributed by atoms with Crippen LogP contribution in [0.5, 0.6) is 0 Å². The maximum Gasteiger partial charge on any atom is 0.390 e. The summed E-state index contributed by atoms with van der Waals surface area (Å²) in [6.07, 6.45) is -2.48. The first kappa shape index (κ1) is 31.2. The fraction of sp³-hybridized carbons (Fsp3) is 0.500. The summed E-state index contributed by atoms with van der Waals surface area (Å²) < 4.78 is 53.7. The Hall–Kier alpha value is -2.76. The van der Waals surface area contributed by atoms with E-state index in [0.29, 0.717) is 50.5 Å². The highest BCUT2D eigenvalue weighted by Gasteiger charge is 2.29. The summed E-state index contributed by atoms with van der Waals surface area (Å²) in [6, 6.07) is 7.10. The zero-order valence-electron chi connectivity index (χ0n) is 23.4. The Balaban J connectivity index is 1.66. The quantitative estimate of drug-likeness (QED) is 0.200. The number of aromatic nitrogens is 2. The van der Waals surface area contributed by atoms with E-state index in [1.807, 2.05) is 18.0 Å². The zero-order chi connectivity index (χ0) is 30.1. The minimum absolute atomic E-state index is 0.142. The summed E-state index contributed by atoms with van der Waals surface area (Å²) >= 11 is 13.2. The Kier molecular flexibility index (Phi) is 9.30. The van der Waals surface area contributed by atoms with E-state index in [1.54, 1.807) is 29.8 Å². The molecule has 0 radical (unpaired) electrons. The van der Waals surface area contributed by atoms with Crippen LogP contribution in [-0.4, -0.2) is 53.5 Å². The van der Waals surface area contributed by atoms with Gasteiger partial charge in [0, 0.05) is 39.8 Å². The largest absolute Gasteiger partial charge is 0.390 e. The lowest BCUT2D eigenvalue weighted by Gasteiger charge is -2.37. The molecule has 1 fully saturated rings. The van der Waals surface area contributed by atoms with Gasteiger partial charge in [-0.3, -0.25) is 4.79 Å². The number of fused-ring (bicyclic) bond motifs is 1. The summed E-state index contributed by atoms with van der Waals surface area (Å²) in [4.78, 5) is 19.7. The Morgan fingerprint density at radius 2 is 1.88 bits per heavy atom. The van der Waals surface area contributed by atoms with Gasteiger partial charge in [0.2, 0.25) is 5.95 Å². The van der Waals surface area contributed by atoms with E-state index in [9.17, 15) is 22.4 Å². The Morgan fingerprint density at radius 3 is 2.49 bits per heavy atom. The molecule has 1 amide bonds. The molecule has 1 aliphatic carbocycles. The minimum atomic E-state index is -4.37. The second kappa shape index (κ2) is 12.2. The van der Waals surface area contributed by atoms with E-state index < -0.39 is 30.7 Å². The van der Waals surface area contributed by atoms with Gasteiger partial charge in [-0.1, -0.05) is 29.3 Å². The van der Waals surface area contributed by atoms with Gasteiger partial charge in [0.05, 0.1) is 44.4 Å². The van der Waals surface area contributed by atoms with Gasteiger partial charge in [0.25, 0.3) is 5.91 Å². The van der Waals surface area contributed by atoms with Crippen molar-refractivity contribution in [1.82, 2.24) is 20.2 Å². The van der Waals surface area contributed by atoms with Gasteiger partial charge < -0.3 is 25.4 Å². The van der Waals surface area contributed by atoms with Crippen LogP contribution in [0.1, 0.15) is 55.5 Å². The number of nitrogens with one attached hydrogen (secondary N) is 3. The lowest BCUT2D eigenvalue weighted by Crippen LogP contribution is -2.38. The average Bonchev–Trinajstić information content (AvgIpc) is 3.14. The first-order valence-corrected chi connectivity index (χ1v) is 14.1. The summed E-state index contributed by atoms with van der Waals surface area (Å²) in [5.41, 5.74) is 1.78. The van der Waals surface area contributed by atoms with Crippen molar-refractivity contribution in [3.05, 3.63) is 45.4 Å². The Morgan fingerprint density at radius 1 is 1.17 bits per heavy atom. The number of alkyl halides is 4. The molecule has 0 saturated heterocycles. The maximum absolute atomic E-state index is 13.9. The molecule has 1 aliphatic rings. The minimum Gasteiger partial charge on any atom is -0.371 e. The van der Waals surface area contributed by atoms with Crippen LogP contribution in [0.4, 0.5) is 34.9 Å². The van der Waals surface area contributed by atoms with Crippen molar-refractivity contribution in [3.8, 4) is 0 Å². The standard InChI is InChI=1S/C28H34Cl2F4N6O/c1-27(2,31)15-35-14-16-8-9-19(29)24(23(16)30)38-26-37-20-12-18(25(41)36-11-10-28(32,33)34)21(13-22(20)40(26)4)39(3)17-6-5-7-17/h8-9,12-13,17,35H,5-7,10-11,14-15H2,1-4H3,(H,36,41)(H,37,38). The number of rotatable bonds is 11. The number of benzene rings is 2. The van der Waals surface area contributed by atoms with Crippen LogP contribution in [0, 0.1) is 0 Å². The van der Waals surface area contributed by atoms with E-state index in [-0.39, 0.29) is 18.2 Å². The van der Waals surface area contributed by atoms with Crippen LogP contribution < -0.4 is 20.9 Å². The molecule has 3 aromatic rings. The molecular weight excluding hydrogens is 583 g/mol. The van der Waals surface area contributed by atoms with Crippen molar-refractivity contribution >= 4 is 57.5 Å². The normalized spacial score (nSPS) is 14.3. The van der Waals surface area contributed by atoms with E-state index in [4.69, 9.17) is 23.2 Å². The second-order valence-corrected chi connectivity index (χ2v) is 11.8. The molecule has 0 aliphatic heterocycles. The molecule has 3 N–H and O–H groups in total. The lowest BCUT2D eigenvalue weighted by molar-refractivity contribution is -0.132. The van der Waals surface area contributed by atoms with Crippen molar-refractivity contribution in [2.75, 3.05) is 30.4 Å². The molecular formula is C28H34Cl2F4N6O. The van der Waals surface area contributed by atoms with Gasteiger partial charge >= 0.3 is 6.18 Å². The topological polar surface area (TPSA) is 74.2 Å². The predicted molar refractivity (Wildman–Crippen MR) is 156 cm³/mol. The van der Waals surface area contributed by atoms with Crippen LogP contribution in [0.15, 0.2) is 24.3 Å². The second-order valence-electron chi connectivity index (χ2n) is 11.0. The van der Waals surface area contributed by atoms with Gasteiger partial charge in [-0.2, -0.15) is 13.2 Å². The summed E-state index contributed by atoms with van der Waals surface area (Å²) in [7, 11) is 3.68. The summed E-state index contributed by atoms with van der Waals surface area (Å²) in [5.74, 6) is -0.203. The van der Waals surface area contributed by atoms with Gasteiger partial charge in [0.15, 0.2) is 0 Å². The molecule has 0 unspecified atom stereocenters. The van der Waals surface area contributed by atoms with E-state index >= 15 is 0 Å². The third kappa shape index (κ3) is 7.55. The number of imidazole rings is 1. The number of carbonyl (C=O) groups is 1. The number of nitrogens with zero attached hydrogens (tertiary/aromatic N) is 3. The third-order valence-corrected chi connectivity index (χ3v) is 7.95. The van der Waals surface area contributed by atoms with E-state index in [2.05, 4.69) is 20.9 Å². The third-order valence-electron chi connectivity index (χ3n) is 7.21. The number of aryl methyl sites for hydroxylation is 1. The molecule has 224 valence electrons. The molecule has 1 aromatic heterocycles. The van der Waals surface area contributed by atoms with Crippen LogP contribution >= 0.6 is 23.2 Å². The number of amides is 1. The number of carbonyl (C=O) groups excluding carboxylic acids is 1. The predicted octanol–water partition coefficient (Wildman–Crippen LogP) is 7.13. The molecule has 0 spiro atoms. The molecule has 1 heterocycles. The van der Waals surface area contributed by atoms with E-state index in [0.717, 1.165) is 19.3 Å². The molecule has 13 heteroatoms. The smallest absolute Gasteiger partial charge is 0.371 e. The van der Waals surface area contributed by atoms with Gasteiger partial charge in [-0.25, -0.2) is 9.37 Å². The molecule has 4 rings (SSSR count). The summed E-state index contributed by atoms with van der Waals surface area (Å²) in [5, 5.41) is 9.33. The van der Waals surface area contributed by atoms with E-state index in [1.165, 1.54) is 13.8 Å². The van der Waals surface area contributed by atoms with Crippen LogP contribution in [-0.2, 0) is 13.6 Å². The highest BCUT2D eigenvalue weighted by molar-refractivity contribution is 6.39. The number of halogens is 6. The first-order chi connectivity index (χ1) is 19.1. The van der Waals surface area contributed by atoms with Crippen molar-refractivity contribution in [3.63, 3.8) is 0 Å². The van der Waals surface area contributed by atoms with Crippen molar-refractivity contribution < 1.29 is 22.4 Å². The molecule has 41 heavy (non-hydrogen) atoms. The number of hydrogen-bond acceptors (Lipinski definition) is 5. The van der Waals surface area contributed by atoms with Gasteiger partial charge in [0.1, 0.15) is 5.67 Å². The van der Waals surface area contributed by atoms with Crippen molar-refractivity contribution in [2.45, 2.75) is 64.0 Å². The fourth-order valence-electron chi connectivity index (χ4n) is 4.65. The van der Waals surface area contributed by atoms with Crippen LogP contribution in [0.25, 0.3) is 11.0 Å². The molecule has 0 bridgehead atoms. The SMILES string of the molecule is CN(c1cc2c(cc1C(=O)NCCC(F)(F)F)nc(Nc1c(Cl)ccc(CNCC(C)(C)F)c1Cl)n2C)C1CCC1. The van der Waals surface area contributed by atoms with Crippen molar-refractivity contribution in [1.29, 1.82) is 0 Å². The Labute approximate surface area is 246 Å². The summed E-state index contributed by atoms with van der Waals surface area (Å²) in [6.45, 7) is 2.91. The Bertz CT molecular complexity index is 1420. The van der Waals surface area contributed by atoms with Crippen molar-refractivity contribution in [2.24, 2.45) is 7.05 Å². The number of anilines is 3. The average molecular weight is 618 g/mol. The first-order valence-electron chi connectivity index (χ1n) is 13.4. The zero-order valence-corrected chi connectivity index (χ0v) is 24.9. The van der Waals surface area contributed by atoms with Crippen LogP contribution in [0.3, 0.4) is 0 Å². The highest BCUT2D eigenvalue weighted by Crippen LogP contribution is 2.38. The van der Waals surface area contributed by atoms with Crippen LogP contribution in [0.2, 0.25) is 10.0 Å². The maximum atomic E-state index is 13.9. The molecule has 7 nitrogen and oxygen atoms in total.